The summed E-state index contributed by atoms with van der Waals surface area (Å²) in [5, 5.41) is 0. The van der Waals surface area contributed by atoms with E-state index in [1.807, 2.05) is 0 Å². The Morgan fingerprint density at radius 1 is 1.07 bits per heavy atom. The van der Waals surface area contributed by atoms with Crippen molar-refractivity contribution in [3.63, 3.8) is 0 Å². The number of rotatable bonds is 2. The normalized spacial score (nSPS) is 13.0. The topological polar surface area (TPSA) is 26.0 Å². The largest absolute Gasteiger partial charge is 0.322 e. The molecule has 14 heavy (non-hydrogen) atoms. The van der Waals surface area contributed by atoms with Gasteiger partial charge >= 0.3 is 0 Å². The van der Waals surface area contributed by atoms with Crippen LogP contribution in [0.25, 0.3) is 0 Å². The van der Waals surface area contributed by atoms with Crippen molar-refractivity contribution in [1.29, 1.82) is 0 Å². The molecule has 0 aliphatic heterocycles. The number of hydrogen-bond acceptors (Lipinski definition) is 1. The predicted octanol–water partition coefficient (Wildman–Crippen LogP) is 2.21. The highest BCUT2D eigenvalue weighted by Crippen LogP contribution is 2.24. The van der Waals surface area contributed by atoms with E-state index < -0.39 is 41.5 Å². The molecule has 1 rings (SSSR count). The number of benzene rings is 1. The first-order chi connectivity index (χ1) is 6.49. The molecule has 6 heteroatoms. The summed E-state index contributed by atoms with van der Waals surface area (Å²) in [6.45, 7) is -1.31. The average molecular weight is 211 g/mol. The van der Waals surface area contributed by atoms with Crippen molar-refractivity contribution in [1.82, 2.24) is 0 Å². The predicted molar refractivity (Wildman–Crippen MR) is 39.2 cm³/mol. The second-order valence-corrected chi connectivity index (χ2v) is 2.64. The lowest BCUT2D eigenvalue weighted by molar-refractivity contribution is 0.386. The van der Waals surface area contributed by atoms with E-state index in [4.69, 9.17) is 5.73 Å². The minimum atomic E-state index is -1.71. The Hall–Kier alpha value is -1.17. The highest BCUT2D eigenvalue weighted by Gasteiger charge is 2.23. The second kappa shape index (κ2) is 3.91. The van der Waals surface area contributed by atoms with Crippen LogP contribution in [0.2, 0.25) is 0 Å². The Morgan fingerprint density at radius 2 is 1.50 bits per heavy atom. The van der Waals surface area contributed by atoms with Crippen LogP contribution in [0.5, 0.6) is 0 Å². The van der Waals surface area contributed by atoms with E-state index in [9.17, 15) is 22.0 Å². The van der Waals surface area contributed by atoms with Crippen LogP contribution < -0.4 is 5.73 Å². The first-order valence-electron chi connectivity index (χ1n) is 3.63. The van der Waals surface area contributed by atoms with Gasteiger partial charge in [-0.1, -0.05) is 0 Å². The van der Waals surface area contributed by atoms with Crippen LogP contribution in [0.4, 0.5) is 22.0 Å². The molecule has 0 amide bonds. The highest BCUT2D eigenvalue weighted by atomic mass is 19.2. The Morgan fingerprint density at radius 3 is 1.86 bits per heavy atom. The third-order valence-corrected chi connectivity index (χ3v) is 1.68. The van der Waals surface area contributed by atoms with Crippen molar-refractivity contribution in [2.75, 3.05) is 6.67 Å². The molecule has 2 N–H and O–H groups in total. The van der Waals surface area contributed by atoms with E-state index in [1.54, 1.807) is 0 Å². The highest BCUT2D eigenvalue weighted by molar-refractivity contribution is 5.25. The molecular weight excluding hydrogens is 205 g/mol. The van der Waals surface area contributed by atoms with Gasteiger partial charge in [0.1, 0.15) is 6.67 Å². The maximum atomic E-state index is 12.9. The molecular formula is C8H6F5N. The van der Waals surface area contributed by atoms with Crippen LogP contribution in [0.3, 0.4) is 0 Å². The fourth-order valence-corrected chi connectivity index (χ4v) is 0.994. The van der Waals surface area contributed by atoms with E-state index in [0.717, 1.165) is 0 Å². The molecule has 0 aliphatic rings. The lowest BCUT2D eigenvalue weighted by atomic mass is 10.1. The molecule has 1 nitrogen and oxygen atoms in total. The fourth-order valence-electron chi connectivity index (χ4n) is 0.994. The summed E-state index contributed by atoms with van der Waals surface area (Å²) in [5.41, 5.74) is 3.84. The van der Waals surface area contributed by atoms with Gasteiger partial charge in [-0.15, -0.1) is 0 Å². The molecule has 1 aromatic carbocycles. The van der Waals surface area contributed by atoms with Crippen LogP contribution in [-0.4, -0.2) is 6.67 Å². The van der Waals surface area contributed by atoms with E-state index >= 15 is 0 Å². The Labute approximate surface area is 76.3 Å². The van der Waals surface area contributed by atoms with Crippen molar-refractivity contribution >= 4 is 0 Å². The van der Waals surface area contributed by atoms with Crippen molar-refractivity contribution in [3.05, 3.63) is 34.9 Å². The monoisotopic (exact) mass is 211 g/mol. The molecule has 0 radical (unpaired) electrons. The quantitative estimate of drug-likeness (QED) is 0.589. The summed E-state index contributed by atoms with van der Waals surface area (Å²) in [7, 11) is 0. The third kappa shape index (κ3) is 1.70. The van der Waals surface area contributed by atoms with Gasteiger partial charge in [-0.25, -0.2) is 22.0 Å². The Kier molecular flexibility index (Phi) is 3.05. The summed E-state index contributed by atoms with van der Waals surface area (Å²) in [5.74, 6) is -6.51. The van der Waals surface area contributed by atoms with Gasteiger partial charge in [-0.2, -0.15) is 0 Å². The Balaban J connectivity index is 3.39. The molecule has 0 spiro atoms. The van der Waals surface area contributed by atoms with Crippen LogP contribution >= 0.6 is 0 Å². The summed E-state index contributed by atoms with van der Waals surface area (Å²) in [4.78, 5) is 0. The molecule has 1 atom stereocenters. The van der Waals surface area contributed by atoms with E-state index in [-0.39, 0.29) is 6.07 Å². The van der Waals surface area contributed by atoms with Gasteiger partial charge in [0, 0.05) is 11.6 Å². The zero-order valence-corrected chi connectivity index (χ0v) is 6.83. The summed E-state index contributed by atoms with van der Waals surface area (Å²) in [6.07, 6.45) is 0. The molecule has 0 aromatic heterocycles. The molecule has 0 heterocycles. The molecule has 1 aromatic rings. The molecule has 0 saturated heterocycles. The molecule has 0 fully saturated rings. The molecule has 0 unspecified atom stereocenters. The molecule has 0 bridgehead atoms. The molecule has 78 valence electrons. The van der Waals surface area contributed by atoms with E-state index in [1.165, 1.54) is 0 Å². The van der Waals surface area contributed by atoms with Gasteiger partial charge in [0.25, 0.3) is 0 Å². The lowest BCUT2D eigenvalue weighted by Crippen LogP contribution is -2.18. The summed E-state index contributed by atoms with van der Waals surface area (Å²) in [6, 6.07) is -1.67. The first kappa shape index (κ1) is 10.9. The van der Waals surface area contributed by atoms with Crippen LogP contribution in [0, 0.1) is 23.3 Å². The summed E-state index contributed by atoms with van der Waals surface area (Å²) < 4.78 is 62.8. The number of hydrogen-bond donors (Lipinski definition) is 1. The lowest BCUT2D eigenvalue weighted by Gasteiger charge is -2.10. The van der Waals surface area contributed by atoms with E-state index in [0.29, 0.717) is 0 Å². The van der Waals surface area contributed by atoms with Crippen molar-refractivity contribution in [2.45, 2.75) is 6.04 Å². The maximum Gasteiger partial charge on any atom is 0.166 e. The third-order valence-electron chi connectivity index (χ3n) is 1.68. The van der Waals surface area contributed by atoms with Gasteiger partial charge in [0.2, 0.25) is 0 Å². The van der Waals surface area contributed by atoms with Gasteiger partial charge < -0.3 is 5.73 Å². The first-order valence-corrected chi connectivity index (χ1v) is 3.63. The van der Waals surface area contributed by atoms with Crippen molar-refractivity contribution in [2.24, 2.45) is 5.73 Å². The molecule has 0 aliphatic carbocycles. The summed E-state index contributed by atoms with van der Waals surface area (Å²) >= 11 is 0. The smallest absolute Gasteiger partial charge is 0.166 e. The van der Waals surface area contributed by atoms with Crippen LogP contribution in [0.15, 0.2) is 6.07 Å². The van der Waals surface area contributed by atoms with Gasteiger partial charge in [-0.3, -0.25) is 0 Å². The SMILES string of the molecule is N[C@@H](CF)c1c(F)c(F)cc(F)c1F. The second-order valence-electron chi connectivity index (χ2n) is 2.64. The zero-order valence-electron chi connectivity index (χ0n) is 6.83. The van der Waals surface area contributed by atoms with Gasteiger partial charge in [0.15, 0.2) is 23.3 Å². The van der Waals surface area contributed by atoms with Crippen molar-refractivity contribution < 1.29 is 22.0 Å². The van der Waals surface area contributed by atoms with Gasteiger partial charge in [0.05, 0.1) is 6.04 Å². The van der Waals surface area contributed by atoms with Crippen molar-refractivity contribution in [3.8, 4) is 0 Å². The van der Waals surface area contributed by atoms with Crippen LogP contribution in [0.1, 0.15) is 11.6 Å². The number of nitrogens with two attached hydrogens (primary N) is 1. The number of halogens is 5. The van der Waals surface area contributed by atoms with Gasteiger partial charge in [-0.05, 0) is 0 Å². The average Bonchev–Trinajstić information content (AvgIpc) is 2.15. The minimum absolute atomic E-state index is 0.0408. The Bertz CT molecular complexity index is 326. The van der Waals surface area contributed by atoms with Crippen LogP contribution in [-0.2, 0) is 0 Å². The minimum Gasteiger partial charge on any atom is -0.322 e. The molecule has 0 saturated carbocycles. The zero-order chi connectivity index (χ0) is 10.9. The maximum absolute atomic E-state index is 12.9. The fraction of sp³-hybridized carbons (Fsp3) is 0.250. The standard InChI is InChI=1S/C8H6F5N/c9-2-5(14)6-7(12)3(10)1-4(11)8(6)13/h1,5H,2,14H2/t5-/m0/s1. The number of alkyl halides is 1. The van der Waals surface area contributed by atoms with E-state index in [2.05, 4.69) is 0 Å².